The van der Waals surface area contributed by atoms with Crippen molar-refractivity contribution in [1.29, 1.82) is 0 Å². The van der Waals surface area contributed by atoms with E-state index >= 15 is 0 Å². The molecule has 0 radical (unpaired) electrons. The van der Waals surface area contributed by atoms with Crippen molar-refractivity contribution in [3.63, 3.8) is 0 Å². The van der Waals surface area contributed by atoms with Crippen molar-refractivity contribution in [2.75, 3.05) is 0 Å². The van der Waals surface area contributed by atoms with Gasteiger partial charge in [0.05, 0.1) is 9.79 Å². The summed E-state index contributed by atoms with van der Waals surface area (Å²) in [5.74, 6) is -0.893. The van der Waals surface area contributed by atoms with Crippen LogP contribution in [-0.2, 0) is 16.4 Å². The van der Waals surface area contributed by atoms with Crippen LogP contribution in [0, 0.1) is 5.82 Å². The smallest absolute Gasteiger partial charge is 0.267 e. The van der Waals surface area contributed by atoms with Crippen LogP contribution in [-0.4, -0.2) is 24.3 Å². The number of amides is 1. The van der Waals surface area contributed by atoms with Gasteiger partial charge >= 0.3 is 0 Å². The number of nitrogens with one attached hydrogen (secondary N) is 2. The minimum absolute atomic E-state index is 0.0568. The summed E-state index contributed by atoms with van der Waals surface area (Å²) in [6, 6.07) is 14.5. The molecular formula is C21H16FN3O3S. The number of hydrogen-bond acceptors (Lipinski definition) is 4. The second-order valence-electron chi connectivity index (χ2n) is 6.43. The average molecular weight is 409 g/mol. The molecule has 0 aliphatic rings. The summed E-state index contributed by atoms with van der Waals surface area (Å²) < 4.78 is 38.5. The Kier molecular flexibility index (Phi) is 4.85. The topological polar surface area (TPSA) is 91.9 Å². The van der Waals surface area contributed by atoms with Crippen molar-refractivity contribution in [2.45, 2.75) is 16.3 Å². The Hall–Kier alpha value is -3.52. The molecule has 29 heavy (non-hydrogen) atoms. The number of H-pyrrole nitrogens is 1. The Morgan fingerprint density at radius 3 is 2.55 bits per heavy atom. The van der Waals surface area contributed by atoms with E-state index in [0.29, 0.717) is 5.69 Å². The van der Waals surface area contributed by atoms with E-state index in [1.807, 2.05) is 0 Å². The number of halogens is 1. The van der Waals surface area contributed by atoms with Crippen molar-refractivity contribution < 1.29 is 17.6 Å². The summed E-state index contributed by atoms with van der Waals surface area (Å²) in [5.41, 5.74) is 1.96. The zero-order valence-electron chi connectivity index (χ0n) is 15.1. The molecule has 2 heterocycles. The molecule has 0 fully saturated rings. The molecule has 8 heteroatoms. The van der Waals surface area contributed by atoms with Crippen molar-refractivity contribution in [1.82, 2.24) is 15.3 Å². The first kappa shape index (κ1) is 18.8. The second kappa shape index (κ2) is 7.48. The lowest BCUT2D eigenvalue weighted by Gasteiger charge is -2.07. The van der Waals surface area contributed by atoms with Gasteiger partial charge in [0.15, 0.2) is 0 Å². The lowest BCUT2D eigenvalue weighted by atomic mass is 10.2. The van der Waals surface area contributed by atoms with Gasteiger partial charge < -0.3 is 10.3 Å². The molecule has 0 bridgehead atoms. The van der Waals surface area contributed by atoms with Gasteiger partial charge in [0.2, 0.25) is 9.84 Å². The molecule has 0 atom stereocenters. The largest absolute Gasteiger partial charge is 0.350 e. The van der Waals surface area contributed by atoms with Gasteiger partial charge in [-0.3, -0.25) is 9.78 Å². The number of sulfone groups is 1. The monoisotopic (exact) mass is 409 g/mol. The maximum absolute atomic E-state index is 13.4. The van der Waals surface area contributed by atoms with Crippen molar-refractivity contribution >= 4 is 26.6 Å². The molecule has 2 N–H and O–H groups in total. The molecule has 6 nitrogen and oxygen atoms in total. The Morgan fingerprint density at radius 2 is 1.83 bits per heavy atom. The fourth-order valence-electron chi connectivity index (χ4n) is 2.93. The Bertz CT molecular complexity index is 1270. The predicted molar refractivity (Wildman–Crippen MR) is 106 cm³/mol. The number of pyridine rings is 1. The summed E-state index contributed by atoms with van der Waals surface area (Å²) in [5, 5.41) is 3.62. The van der Waals surface area contributed by atoms with E-state index in [4.69, 9.17) is 0 Å². The number of hydrogen-bond donors (Lipinski definition) is 2. The van der Waals surface area contributed by atoms with Gasteiger partial charge in [-0.25, -0.2) is 12.8 Å². The molecule has 0 aliphatic heterocycles. The molecule has 2 aromatic heterocycles. The third-order valence-electron chi connectivity index (χ3n) is 4.46. The third kappa shape index (κ3) is 3.88. The van der Waals surface area contributed by atoms with E-state index in [1.54, 1.807) is 36.7 Å². The maximum atomic E-state index is 13.4. The first-order valence-corrected chi connectivity index (χ1v) is 10.2. The molecule has 0 aliphatic carbocycles. The van der Waals surface area contributed by atoms with E-state index in [1.165, 1.54) is 30.3 Å². The van der Waals surface area contributed by atoms with E-state index < -0.39 is 15.7 Å². The zero-order chi connectivity index (χ0) is 20.4. The molecule has 4 rings (SSSR count). The lowest BCUT2D eigenvalue weighted by Crippen LogP contribution is -2.23. The van der Waals surface area contributed by atoms with Crippen LogP contribution in [0.2, 0.25) is 0 Å². The van der Waals surface area contributed by atoms with Crippen LogP contribution in [0.3, 0.4) is 0 Å². The highest BCUT2D eigenvalue weighted by molar-refractivity contribution is 7.91. The summed E-state index contributed by atoms with van der Waals surface area (Å²) >= 11 is 0. The summed E-state index contributed by atoms with van der Waals surface area (Å²) in [6.07, 6.45) is 3.31. The van der Waals surface area contributed by atoms with Crippen LogP contribution < -0.4 is 5.32 Å². The van der Waals surface area contributed by atoms with E-state index in [2.05, 4.69) is 15.3 Å². The number of carbonyl (C=O) groups is 1. The highest BCUT2D eigenvalue weighted by Crippen LogP contribution is 2.22. The van der Waals surface area contributed by atoms with Gasteiger partial charge in [-0.1, -0.05) is 18.2 Å². The van der Waals surface area contributed by atoms with Crippen LogP contribution in [0.5, 0.6) is 0 Å². The molecule has 2 aromatic carbocycles. The van der Waals surface area contributed by atoms with E-state index in [-0.39, 0.29) is 22.2 Å². The van der Waals surface area contributed by atoms with Crippen LogP contribution in [0.25, 0.3) is 10.9 Å². The second-order valence-corrected chi connectivity index (χ2v) is 8.38. The van der Waals surface area contributed by atoms with Crippen LogP contribution in [0.1, 0.15) is 16.1 Å². The number of rotatable bonds is 5. The molecule has 0 saturated heterocycles. The van der Waals surface area contributed by atoms with E-state index in [9.17, 15) is 17.6 Å². The molecule has 146 valence electrons. The maximum Gasteiger partial charge on any atom is 0.267 e. The predicted octanol–water partition coefficient (Wildman–Crippen LogP) is 3.46. The first-order valence-electron chi connectivity index (χ1n) is 8.74. The highest BCUT2D eigenvalue weighted by atomic mass is 32.2. The number of fused-ring (bicyclic) bond motifs is 1. The highest BCUT2D eigenvalue weighted by Gasteiger charge is 2.18. The fourth-order valence-corrected chi connectivity index (χ4v) is 4.22. The molecule has 1 amide bonds. The SMILES string of the molecule is O=C(NCc1ccc(S(=O)(=O)c2cccc(F)c2)cc1)c1cc2cnccc2[nH]1. The number of aromatic amines is 1. The Labute approximate surface area is 166 Å². The van der Waals surface area contributed by atoms with Gasteiger partial charge in [0, 0.05) is 29.8 Å². The molecule has 4 aromatic rings. The van der Waals surface area contributed by atoms with Gasteiger partial charge in [-0.05, 0) is 48.0 Å². The zero-order valence-corrected chi connectivity index (χ0v) is 15.9. The fraction of sp³-hybridized carbons (Fsp3) is 0.0476. The minimum Gasteiger partial charge on any atom is -0.350 e. The van der Waals surface area contributed by atoms with Crippen LogP contribution in [0.15, 0.2) is 82.8 Å². The number of benzene rings is 2. The summed E-state index contributed by atoms with van der Waals surface area (Å²) in [6.45, 7) is 0.229. The van der Waals surface area contributed by atoms with Gasteiger partial charge in [-0.2, -0.15) is 0 Å². The van der Waals surface area contributed by atoms with Crippen molar-refractivity contribution in [2.24, 2.45) is 0 Å². The Morgan fingerprint density at radius 1 is 1.03 bits per heavy atom. The normalized spacial score (nSPS) is 11.5. The third-order valence-corrected chi connectivity index (χ3v) is 6.23. The summed E-state index contributed by atoms with van der Waals surface area (Å²) in [4.78, 5) is 19.3. The van der Waals surface area contributed by atoms with Gasteiger partial charge in [0.1, 0.15) is 11.5 Å². The molecule has 0 spiro atoms. The van der Waals surface area contributed by atoms with Crippen molar-refractivity contribution in [3.8, 4) is 0 Å². The average Bonchev–Trinajstić information content (AvgIpc) is 3.17. The quantitative estimate of drug-likeness (QED) is 0.528. The number of nitrogens with zero attached hydrogens (tertiary/aromatic N) is 1. The molecule has 0 saturated carbocycles. The number of carbonyl (C=O) groups excluding carboxylic acids is 1. The van der Waals surface area contributed by atoms with Gasteiger partial charge in [-0.15, -0.1) is 0 Å². The van der Waals surface area contributed by atoms with Crippen LogP contribution in [0.4, 0.5) is 4.39 Å². The van der Waals surface area contributed by atoms with Crippen LogP contribution >= 0.6 is 0 Å². The minimum atomic E-state index is -3.81. The standard InChI is InChI=1S/C21H16FN3O3S/c22-16-2-1-3-18(11-16)29(27,28)17-6-4-14(5-7-17)12-24-21(26)20-10-15-13-23-9-8-19(15)25-20/h1-11,13,25H,12H2,(H,24,26). The van der Waals surface area contributed by atoms with E-state index in [0.717, 1.165) is 22.5 Å². The lowest BCUT2D eigenvalue weighted by molar-refractivity contribution is 0.0946. The molecule has 0 unspecified atom stereocenters. The van der Waals surface area contributed by atoms with Gasteiger partial charge in [0.25, 0.3) is 5.91 Å². The Balaban J connectivity index is 1.46. The summed E-state index contributed by atoms with van der Waals surface area (Å²) in [7, 11) is -3.81. The first-order chi connectivity index (χ1) is 13.9. The number of aromatic nitrogens is 2. The molecular weight excluding hydrogens is 393 g/mol. The van der Waals surface area contributed by atoms with Crippen molar-refractivity contribution in [3.05, 3.63) is 90.1 Å².